The molecule has 6 rings (SSSR count). The summed E-state index contributed by atoms with van der Waals surface area (Å²) in [5, 5.41) is 12.9. The molecule has 34 heavy (non-hydrogen) atoms. The van der Waals surface area contributed by atoms with E-state index in [2.05, 4.69) is 21.1 Å². The number of benzene rings is 1. The lowest BCUT2D eigenvalue weighted by atomic mass is 9.77. The van der Waals surface area contributed by atoms with Gasteiger partial charge in [-0.3, -0.25) is 9.59 Å². The number of rotatable bonds is 3. The van der Waals surface area contributed by atoms with E-state index in [4.69, 9.17) is 4.74 Å². The standard InChI is InChI=1S/C24H24F2N4O4/c25-24(26)33-18-6-5-13-16-11-30(10-7-17(16)28-19(13)20(18)34-24)22(32)15-4-2-1-3-14(15)21(31)29-23(12-27)8-9-23/h5-6,14-15,28H,1-4,7-11H2,(H,29,31). The van der Waals surface area contributed by atoms with E-state index in [0.29, 0.717) is 50.7 Å². The van der Waals surface area contributed by atoms with Crippen molar-refractivity contribution in [1.82, 2.24) is 15.2 Å². The molecule has 3 heterocycles. The molecule has 2 aromatic rings. The van der Waals surface area contributed by atoms with Crippen molar-refractivity contribution in [3.05, 3.63) is 23.4 Å². The molecule has 0 radical (unpaired) electrons. The van der Waals surface area contributed by atoms with Gasteiger partial charge in [0.2, 0.25) is 11.8 Å². The molecular weight excluding hydrogens is 446 g/mol. The van der Waals surface area contributed by atoms with Crippen LogP contribution >= 0.6 is 0 Å². The van der Waals surface area contributed by atoms with Gasteiger partial charge in [0.05, 0.1) is 11.6 Å². The van der Waals surface area contributed by atoms with E-state index in [-0.39, 0.29) is 23.3 Å². The molecule has 2 amide bonds. The SMILES string of the molecule is N#CC1(NC(=O)C2CCCCC2C(=O)N2CCc3[nH]c4c5c(ccc4c3C2)OC(F)(F)O5)CC1. The number of nitriles is 1. The number of ether oxygens (including phenoxy) is 2. The molecule has 0 saturated heterocycles. The fourth-order valence-electron chi connectivity index (χ4n) is 5.57. The van der Waals surface area contributed by atoms with E-state index in [9.17, 15) is 23.6 Å². The van der Waals surface area contributed by atoms with Crippen molar-refractivity contribution >= 4 is 22.7 Å². The van der Waals surface area contributed by atoms with E-state index in [1.165, 1.54) is 6.07 Å². The Morgan fingerprint density at radius 1 is 1.18 bits per heavy atom. The monoisotopic (exact) mass is 470 g/mol. The van der Waals surface area contributed by atoms with E-state index in [1.54, 1.807) is 11.0 Å². The van der Waals surface area contributed by atoms with Crippen LogP contribution in [-0.2, 0) is 22.6 Å². The summed E-state index contributed by atoms with van der Waals surface area (Å²) in [6, 6.07) is 5.34. The highest BCUT2D eigenvalue weighted by Gasteiger charge is 2.48. The molecule has 2 N–H and O–H groups in total. The van der Waals surface area contributed by atoms with E-state index in [1.807, 2.05) is 0 Å². The van der Waals surface area contributed by atoms with Crippen LogP contribution in [0.15, 0.2) is 12.1 Å². The Balaban J connectivity index is 1.24. The lowest BCUT2D eigenvalue weighted by Crippen LogP contribution is -2.48. The predicted molar refractivity (Wildman–Crippen MR) is 115 cm³/mol. The summed E-state index contributed by atoms with van der Waals surface area (Å²) in [5.74, 6) is -1.16. The summed E-state index contributed by atoms with van der Waals surface area (Å²) < 4.78 is 36.5. The number of aromatic nitrogens is 1. The molecule has 0 bridgehead atoms. The molecule has 2 unspecified atom stereocenters. The smallest absolute Gasteiger partial charge is 0.395 e. The lowest BCUT2D eigenvalue weighted by molar-refractivity contribution is -0.286. The first-order chi connectivity index (χ1) is 16.3. The van der Waals surface area contributed by atoms with Crippen LogP contribution in [0.25, 0.3) is 10.9 Å². The van der Waals surface area contributed by atoms with Crippen LogP contribution in [0.1, 0.15) is 49.8 Å². The zero-order chi connectivity index (χ0) is 23.7. The van der Waals surface area contributed by atoms with Gasteiger partial charge in [0.15, 0.2) is 11.5 Å². The number of amides is 2. The van der Waals surface area contributed by atoms with Crippen LogP contribution < -0.4 is 14.8 Å². The number of hydrogen-bond acceptors (Lipinski definition) is 5. The van der Waals surface area contributed by atoms with Gasteiger partial charge in [0.25, 0.3) is 0 Å². The van der Waals surface area contributed by atoms with Crippen molar-refractivity contribution in [2.24, 2.45) is 11.8 Å². The normalized spacial score (nSPS) is 26.0. The van der Waals surface area contributed by atoms with Gasteiger partial charge in [0, 0.05) is 48.0 Å². The lowest BCUT2D eigenvalue weighted by Gasteiger charge is -2.36. The molecule has 1 aromatic heterocycles. The van der Waals surface area contributed by atoms with Crippen LogP contribution in [-0.4, -0.2) is 40.1 Å². The fraction of sp³-hybridized carbons (Fsp3) is 0.542. The molecule has 2 fully saturated rings. The van der Waals surface area contributed by atoms with Gasteiger partial charge in [-0.2, -0.15) is 5.26 Å². The minimum Gasteiger partial charge on any atom is -0.395 e. The topological polar surface area (TPSA) is 107 Å². The van der Waals surface area contributed by atoms with Gasteiger partial charge in [-0.1, -0.05) is 12.8 Å². The summed E-state index contributed by atoms with van der Waals surface area (Å²) in [5.41, 5.74) is 1.44. The maximum atomic E-state index is 13.6. The number of fused-ring (bicyclic) bond motifs is 5. The molecule has 1 aromatic carbocycles. The largest absolute Gasteiger partial charge is 0.586 e. The van der Waals surface area contributed by atoms with Gasteiger partial charge in [-0.15, -0.1) is 8.78 Å². The summed E-state index contributed by atoms with van der Waals surface area (Å²) in [6.45, 7) is 0.804. The summed E-state index contributed by atoms with van der Waals surface area (Å²) in [7, 11) is 0. The van der Waals surface area contributed by atoms with Crippen LogP contribution in [0.5, 0.6) is 11.5 Å². The number of alkyl halides is 2. The molecule has 4 aliphatic rings. The van der Waals surface area contributed by atoms with Crippen molar-refractivity contribution in [1.29, 1.82) is 5.26 Å². The highest BCUT2D eigenvalue weighted by atomic mass is 19.3. The summed E-state index contributed by atoms with van der Waals surface area (Å²) in [4.78, 5) is 31.5. The Morgan fingerprint density at radius 2 is 1.94 bits per heavy atom. The molecule has 178 valence electrons. The van der Waals surface area contributed by atoms with E-state index >= 15 is 0 Å². The second-order valence-corrected chi connectivity index (χ2v) is 9.76. The van der Waals surface area contributed by atoms with Gasteiger partial charge in [-0.25, -0.2) is 0 Å². The van der Waals surface area contributed by atoms with Crippen LogP contribution in [0, 0.1) is 23.2 Å². The second-order valence-electron chi connectivity index (χ2n) is 9.76. The van der Waals surface area contributed by atoms with Crippen molar-refractivity contribution in [3.63, 3.8) is 0 Å². The molecule has 2 atom stereocenters. The number of carbonyl (C=O) groups is 2. The first kappa shape index (κ1) is 21.2. The van der Waals surface area contributed by atoms with Gasteiger partial charge in [0.1, 0.15) is 5.54 Å². The third kappa shape index (κ3) is 3.37. The van der Waals surface area contributed by atoms with E-state index < -0.39 is 23.7 Å². The summed E-state index contributed by atoms with van der Waals surface area (Å²) in [6.07, 6.45) is 1.18. The van der Waals surface area contributed by atoms with E-state index in [0.717, 1.165) is 29.5 Å². The number of aromatic amines is 1. The maximum Gasteiger partial charge on any atom is 0.586 e. The van der Waals surface area contributed by atoms with Crippen molar-refractivity contribution in [2.45, 2.75) is 63.3 Å². The van der Waals surface area contributed by atoms with Crippen LogP contribution in [0.3, 0.4) is 0 Å². The molecule has 8 nitrogen and oxygen atoms in total. The maximum absolute atomic E-state index is 13.6. The van der Waals surface area contributed by atoms with Crippen molar-refractivity contribution in [2.75, 3.05) is 6.54 Å². The number of H-pyrrole nitrogens is 1. The molecule has 10 heteroatoms. The van der Waals surface area contributed by atoms with Crippen LogP contribution in [0.2, 0.25) is 0 Å². The third-order valence-corrected chi connectivity index (χ3v) is 7.58. The number of halogens is 2. The Morgan fingerprint density at radius 3 is 2.68 bits per heavy atom. The van der Waals surface area contributed by atoms with Gasteiger partial charge >= 0.3 is 6.29 Å². The zero-order valence-electron chi connectivity index (χ0n) is 18.5. The molecular formula is C24H24F2N4O4. The second kappa shape index (κ2) is 7.32. The first-order valence-electron chi connectivity index (χ1n) is 11.7. The average Bonchev–Trinajstić information content (AvgIpc) is 3.38. The number of hydrogen-bond donors (Lipinski definition) is 2. The van der Waals surface area contributed by atoms with Crippen molar-refractivity contribution < 1.29 is 27.8 Å². The highest BCUT2D eigenvalue weighted by Crippen LogP contribution is 2.47. The number of nitrogens with one attached hydrogen (secondary N) is 2. The Labute approximate surface area is 194 Å². The Kier molecular flexibility index (Phi) is 4.57. The van der Waals surface area contributed by atoms with Gasteiger partial charge < -0.3 is 24.7 Å². The zero-order valence-corrected chi connectivity index (χ0v) is 18.5. The quantitative estimate of drug-likeness (QED) is 0.716. The molecule has 2 saturated carbocycles. The minimum absolute atomic E-state index is 0.0223. The third-order valence-electron chi connectivity index (χ3n) is 7.58. The number of nitrogens with zero attached hydrogens (tertiary/aromatic N) is 2. The average molecular weight is 470 g/mol. The molecule has 2 aliphatic carbocycles. The Hall–Kier alpha value is -3.35. The van der Waals surface area contributed by atoms with Crippen LogP contribution in [0.4, 0.5) is 8.78 Å². The molecule has 0 spiro atoms. The first-order valence-corrected chi connectivity index (χ1v) is 11.7. The van der Waals surface area contributed by atoms with Crippen molar-refractivity contribution in [3.8, 4) is 17.6 Å². The molecule has 2 aliphatic heterocycles. The predicted octanol–water partition coefficient (Wildman–Crippen LogP) is 3.35. The summed E-state index contributed by atoms with van der Waals surface area (Å²) >= 11 is 0. The van der Waals surface area contributed by atoms with Gasteiger partial charge in [-0.05, 0) is 37.8 Å². The number of carbonyl (C=O) groups excluding carboxylic acids is 2. The fourth-order valence-corrected chi connectivity index (χ4v) is 5.57. The Bertz CT molecular complexity index is 1250. The highest BCUT2D eigenvalue weighted by molar-refractivity contribution is 5.93. The minimum atomic E-state index is -3.70.